The van der Waals surface area contributed by atoms with Crippen molar-refractivity contribution in [3.8, 4) is 0 Å². The second kappa shape index (κ2) is 5.81. The van der Waals surface area contributed by atoms with E-state index in [1.807, 2.05) is 9.80 Å². The minimum absolute atomic E-state index is 0.450. The van der Waals surface area contributed by atoms with E-state index < -0.39 is 5.03 Å². The highest BCUT2D eigenvalue weighted by Crippen LogP contribution is 2.17. The minimum atomic E-state index is -0.630. The molecule has 0 amide bonds. The van der Waals surface area contributed by atoms with Crippen LogP contribution in [0.3, 0.4) is 0 Å². The van der Waals surface area contributed by atoms with Crippen molar-refractivity contribution in [1.82, 2.24) is 9.80 Å². The lowest BCUT2D eigenvalue weighted by molar-refractivity contribution is -0.486. The lowest BCUT2D eigenvalue weighted by atomic mass is 10.1. The van der Waals surface area contributed by atoms with Crippen LogP contribution in [0.2, 0.25) is 0 Å². The molecule has 0 aromatic rings. The molecule has 18 heavy (non-hydrogen) atoms. The van der Waals surface area contributed by atoms with E-state index >= 15 is 0 Å². The van der Waals surface area contributed by atoms with Crippen LogP contribution in [0.25, 0.3) is 0 Å². The molecule has 7 nitrogen and oxygen atoms in total. The number of ether oxygens (including phenoxy) is 1. The monoisotopic (exact) mass is 254 g/mol. The quantitative estimate of drug-likeness (QED) is 0.403. The molecular weight excluding hydrogens is 236 g/mol. The maximum atomic E-state index is 10.6. The van der Waals surface area contributed by atoms with E-state index in [1.54, 1.807) is 6.08 Å². The molecule has 2 saturated heterocycles. The van der Waals surface area contributed by atoms with Gasteiger partial charge in [0.2, 0.25) is 0 Å². The molecule has 2 aliphatic heterocycles. The van der Waals surface area contributed by atoms with E-state index in [1.165, 1.54) is 0 Å². The summed E-state index contributed by atoms with van der Waals surface area (Å²) in [7, 11) is 0. The Bertz CT molecular complexity index is 352. The molecule has 0 bridgehead atoms. The van der Waals surface area contributed by atoms with Crippen molar-refractivity contribution in [2.75, 3.05) is 39.4 Å². The molecule has 2 aliphatic rings. The molecule has 0 aliphatic carbocycles. The number of hydrogen-bond acceptors (Lipinski definition) is 3. The molecule has 0 spiro atoms. The molecule has 7 heteroatoms. The van der Waals surface area contributed by atoms with Crippen molar-refractivity contribution in [3.05, 3.63) is 22.8 Å². The fraction of sp³-hybridized carbons (Fsp3) is 0.727. The maximum absolute atomic E-state index is 10.6. The highest BCUT2D eigenvalue weighted by molar-refractivity contribution is 5.81. The summed E-state index contributed by atoms with van der Waals surface area (Å²) in [6.07, 6.45) is 2.75. The van der Waals surface area contributed by atoms with Crippen LogP contribution in [0.4, 0.5) is 0 Å². The SMILES string of the molecule is C=CCN1CCN(CC2CCOC2)C1=N[N+](=O)[O-]. The van der Waals surface area contributed by atoms with Crippen LogP contribution in [0.1, 0.15) is 6.42 Å². The third-order valence-electron chi connectivity index (χ3n) is 3.23. The Balaban J connectivity index is 2.03. The average Bonchev–Trinajstić information content (AvgIpc) is 2.93. The second-order valence-corrected chi connectivity index (χ2v) is 4.55. The van der Waals surface area contributed by atoms with Gasteiger partial charge in [0.15, 0.2) is 5.03 Å². The molecule has 2 heterocycles. The Labute approximate surface area is 106 Å². The van der Waals surface area contributed by atoms with Crippen molar-refractivity contribution >= 4 is 5.96 Å². The molecule has 2 fully saturated rings. The van der Waals surface area contributed by atoms with Crippen molar-refractivity contribution in [3.63, 3.8) is 0 Å². The molecule has 0 N–H and O–H groups in total. The first-order valence-corrected chi connectivity index (χ1v) is 6.12. The summed E-state index contributed by atoms with van der Waals surface area (Å²) in [4.78, 5) is 14.5. The Kier molecular flexibility index (Phi) is 4.14. The summed E-state index contributed by atoms with van der Waals surface area (Å²) >= 11 is 0. The average molecular weight is 254 g/mol. The predicted octanol–water partition coefficient (Wildman–Crippen LogP) is 0.374. The number of hydrogen-bond donors (Lipinski definition) is 0. The topological polar surface area (TPSA) is 71.2 Å². The number of nitrogens with zero attached hydrogens (tertiary/aromatic N) is 4. The summed E-state index contributed by atoms with van der Waals surface area (Å²) in [5.41, 5.74) is 0. The predicted molar refractivity (Wildman–Crippen MR) is 66.7 cm³/mol. The van der Waals surface area contributed by atoms with Crippen LogP contribution < -0.4 is 0 Å². The summed E-state index contributed by atoms with van der Waals surface area (Å²) < 4.78 is 5.33. The van der Waals surface area contributed by atoms with Gasteiger partial charge in [-0.3, -0.25) is 0 Å². The molecule has 100 valence electrons. The first-order chi connectivity index (χ1) is 8.70. The molecule has 1 unspecified atom stereocenters. The van der Waals surface area contributed by atoms with Crippen molar-refractivity contribution in [2.24, 2.45) is 11.0 Å². The van der Waals surface area contributed by atoms with Crippen LogP contribution in [0.5, 0.6) is 0 Å². The number of nitro groups is 1. The van der Waals surface area contributed by atoms with E-state index in [0.29, 0.717) is 18.4 Å². The number of rotatable bonds is 5. The third kappa shape index (κ3) is 2.98. The zero-order chi connectivity index (χ0) is 13.0. The lowest BCUT2D eigenvalue weighted by Gasteiger charge is -2.21. The van der Waals surface area contributed by atoms with E-state index in [-0.39, 0.29) is 0 Å². The summed E-state index contributed by atoms with van der Waals surface area (Å²) in [6, 6.07) is 0. The van der Waals surface area contributed by atoms with Gasteiger partial charge in [0.05, 0.1) is 6.61 Å². The Morgan fingerprint density at radius 2 is 2.33 bits per heavy atom. The minimum Gasteiger partial charge on any atom is -0.381 e. The molecule has 0 aromatic heterocycles. The smallest absolute Gasteiger partial charge is 0.274 e. The highest BCUT2D eigenvalue weighted by atomic mass is 16.7. The second-order valence-electron chi connectivity index (χ2n) is 4.55. The lowest BCUT2D eigenvalue weighted by Crippen LogP contribution is -2.37. The molecular formula is C11H18N4O3. The van der Waals surface area contributed by atoms with Gasteiger partial charge >= 0.3 is 0 Å². The van der Waals surface area contributed by atoms with Crippen molar-refractivity contribution < 1.29 is 9.77 Å². The molecule has 0 saturated carbocycles. The third-order valence-corrected chi connectivity index (χ3v) is 3.23. The van der Waals surface area contributed by atoms with Crippen LogP contribution in [-0.4, -0.2) is 60.2 Å². The fourth-order valence-electron chi connectivity index (χ4n) is 2.38. The van der Waals surface area contributed by atoms with Gasteiger partial charge in [-0.25, -0.2) is 10.1 Å². The van der Waals surface area contributed by atoms with Crippen LogP contribution in [-0.2, 0) is 4.74 Å². The maximum Gasteiger partial charge on any atom is 0.274 e. The Morgan fingerprint density at radius 3 is 2.94 bits per heavy atom. The van der Waals surface area contributed by atoms with E-state index in [9.17, 15) is 10.1 Å². The fourth-order valence-corrected chi connectivity index (χ4v) is 2.38. The van der Waals surface area contributed by atoms with Gasteiger partial charge < -0.3 is 14.5 Å². The van der Waals surface area contributed by atoms with Gasteiger partial charge in [-0.1, -0.05) is 6.08 Å². The van der Waals surface area contributed by atoms with Gasteiger partial charge in [-0.15, -0.1) is 6.58 Å². The Hall–Kier alpha value is -1.63. The summed E-state index contributed by atoms with van der Waals surface area (Å²) in [5, 5.41) is 13.5. The van der Waals surface area contributed by atoms with Crippen molar-refractivity contribution in [2.45, 2.75) is 6.42 Å². The number of hydrazone groups is 1. The first-order valence-electron chi connectivity index (χ1n) is 6.12. The van der Waals surface area contributed by atoms with Gasteiger partial charge in [0, 0.05) is 38.7 Å². The molecule has 2 rings (SSSR count). The molecule has 1 atom stereocenters. The standard InChI is InChI=1S/C11H18N4O3/c1-2-4-13-5-6-14(11(13)12-15(16)17)8-10-3-7-18-9-10/h2,10H,1,3-9H2. The normalized spacial score (nSPS) is 26.0. The van der Waals surface area contributed by atoms with Gasteiger partial charge in [0.25, 0.3) is 5.96 Å². The Morgan fingerprint density at radius 1 is 1.56 bits per heavy atom. The zero-order valence-electron chi connectivity index (χ0n) is 10.3. The number of guanidine groups is 1. The van der Waals surface area contributed by atoms with Gasteiger partial charge in [0.1, 0.15) is 5.10 Å². The van der Waals surface area contributed by atoms with E-state index in [2.05, 4.69) is 11.7 Å². The van der Waals surface area contributed by atoms with Crippen LogP contribution >= 0.6 is 0 Å². The zero-order valence-corrected chi connectivity index (χ0v) is 10.3. The van der Waals surface area contributed by atoms with E-state index in [4.69, 9.17) is 4.74 Å². The highest BCUT2D eigenvalue weighted by Gasteiger charge is 2.31. The van der Waals surface area contributed by atoms with Gasteiger partial charge in [-0.05, 0) is 6.42 Å². The summed E-state index contributed by atoms with van der Waals surface area (Å²) in [6.45, 7) is 8.09. The van der Waals surface area contributed by atoms with Crippen LogP contribution in [0, 0.1) is 16.0 Å². The van der Waals surface area contributed by atoms with E-state index in [0.717, 1.165) is 39.3 Å². The van der Waals surface area contributed by atoms with Crippen molar-refractivity contribution in [1.29, 1.82) is 0 Å². The molecule has 0 radical (unpaired) electrons. The molecule has 0 aromatic carbocycles. The van der Waals surface area contributed by atoms with Crippen LogP contribution in [0.15, 0.2) is 17.8 Å². The first kappa shape index (κ1) is 12.8. The summed E-state index contributed by atoms with van der Waals surface area (Å²) in [5.74, 6) is 0.900. The largest absolute Gasteiger partial charge is 0.381 e. The van der Waals surface area contributed by atoms with Gasteiger partial charge in [-0.2, -0.15) is 0 Å².